The van der Waals surface area contributed by atoms with E-state index >= 15 is 0 Å². The van der Waals surface area contributed by atoms with Gasteiger partial charge in [0.15, 0.2) is 0 Å². The van der Waals surface area contributed by atoms with Crippen molar-refractivity contribution >= 4 is 40.9 Å². The van der Waals surface area contributed by atoms with Gasteiger partial charge >= 0.3 is 5.97 Å². The summed E-state index contributed by atoms with van der Waals surface area (Å²) in [5.74, 6) is -1.84. The highest BCUT2D eigenvalue weighted by Crippen LogP contribution is 2.21. The number of benzene rings is 3. The van der Waals surface area contributed by atoms with Crippen LogP contribution in [0.25, 0.3) is 0 Å². The van der Waals surface area contributed by atoms with Gasteiger partial charge in [-0.15, -0.1) is 11.8 Å². The van der Waals surface area contributed by atoms with Crippen LogP contribution in [-0.4, -0.2) is 28.6 Å². The quantitative estimate of drug-likeness (QED) is 0.485. The summed E-state index contributed by atoms with van der Waals surface area (Å²) in [4.78, 5) is 35.9. The van der Waals surface area contributed by atoms with Gasteiger partial charge in [0, 0.05) is 21.8 Å². The first-order valence-corrected chi connectivity index (χ1v) is 9.82. The minimum Gasteiger partial charge on any atom is -0.478 e. The molecule has 0 unspecified atom stereocenters. The van der Waals surface area contributed by atoms with E-state index in [9.17, 15) is 18.8 Å². The highest BCUT2D eigenvalue weighted by Gasteiger charge is 2.08. The molecule has 0 aliphatic heterocycles. The number of rotatable bonds is 7. The van der Waals surface area contributed by atoms with Gasteiger partial charge in [-0.3, -0.25) is 9.59 Å². The number of carbonyl (C=O) groups excluding carboxylic acids is 2. The molecular formula is C22H17FN2O4S. The monoisotopic (exact) mass is 424 g/mol. The fraction of sp³-hybridized carbons (Fsp3) is 0.0455. The average Bonchev–Trinajstić information content (AvgIpc) is 2.74. The van der Waals surface area contributed by atoms with Crippen LogP contribution in [0.5, 0.6) is 0 Å². The van der Waals surface area contributed by atoms with Crippen LogP contribution in [0.3, 0.4) is 0 Å². The van der Waals surface area contributed by atoms with Crippen molar-refractivity contribution in [2.75, 3.05) is 16.4 Å². The third kappa shape index (κ3) is 5.92. The number of carboxylic acid groups (broad SMARTS) is 1. The largest absolute Gasteiger partial charge is 0.478 e. The van der Waals surface area contributed by atoms with E-state index in [1.54, 1.807) is 24.3 Å². The molecule has 0 spiro atoms. The lowest BCUT2D eigenvalue weighted by molar-refractivity contribution is -0.113. The minimum absolute atomic E-state index is 0.147. The minimum atomic E-state index is -1.03. The smallest absolute Gasteiger partial charge is 0.335 e. The predicted octanol–water partition coefficient (Wildman–Crippen LogP) is 4.51. The first-order valence-electron chi connectivity index (χ1n) is 8.84. The number of hydrogen-bond acceptors (Lipinski definition) is 4. The second-order valence-corrected chi connectivity index (χ2v) is 7.25. The Kier molecular flexibility index (Phi) is 6.82. The maximum absolute atomic E-state index is 12.9. The molecule has 152 valence electrons. The Morgan fingerprint density at radius 3 is 1.90 bits per heavy atom. The van der Waals surface area contributed by atoms with E-state index in [4.69, 9.17) is 5.11 Å². The Balaban J connectivity index is 1.49. The van der Waals surface area contributed by atoms with E-state index in [-0.39, 0.29) is 23.1 Å². The number of thioether (sulfide) groups is 1. The van der Waals surface area contributed by atoms with Gasteiger partial charge in [-0.1, -0.05) is 0 Å². The molecule has 2 amide bonds. The number of amides is 2. The highest BCUT2D eigenvalue weighted by molar-refractivity contribution is 8.00. The third-order valence-electron chi connectivity index (χ3n) is 4.00. The molecule has 0 aromatic heterocycles. The molecule has 3 aromatic carbocycles. The van der Waals surface area contributed by atoms with Gasteiger partial charge in [0.1, 0.15) is 5.82 Å². The number of anilines is 2. The molecule has 3 N–H and O–H groups in total. The second kappa shape index (κ2) is 9.71. The summed E-state index contributed by atoms with van der Waals surface area (Å²) in [6.45, 7) is 0. The topological polar surface area (TPSA) is 95.5 Å². The third-order valence-corrected chi connectivity index (χ3v) is 5.02. The van der Waals surface area contributed by atoms with Crippen molar-refractivity contribution in [2.24, 2.45) is 0 Å². The summed E-state index contributed by atoms with van der Waals surface area (Å²) in [7, 11) is 0. The first kappa shape index (κ1) is 21.1. The number of nitrogens with one attached hydrogen (secondary N) is 2. The SMILES string of the molecule is O=C(CSc1ccc(NC(=O)c2ccc(F)cc2)cc1)Nc1ccc(C(=O)O)cc1. The average molecular weight is 424 g/mol. The zero-order valence-corrected chi connectivity index (χ0v) is 16.4. The van der Waals surface area contributed by atoms with Crippen LogP contribution in [0.15, 0.2) is 77.7 Å². The van der Waals surface area contributed by atoms with Crippen LogP contribution in [0.2, 0.25) is 0 Å². The van der Waals surface area contributed by atoms with Crippen LogP contribution in [0.1, 0.15) is 20.7 Å². The first-order chi connectivity index (χ1) is 14.4. The Hall–Kier alpha value is -3.65. The van der Waals surface area contributed by atoms with Gasteiger partial charge in [0.05, 0.1) is 11.3 Å². The molecule has 3 aromatic rings. The van der Waals surface area contributed by atoms with Crippen molar-refractivity contribution in [3.8, 4) is 0 Å². The standard InChI is InChI=1S/C22H17FN2O4S/c23-16-5-1-14(2-6-16)21(27)25-18-9-11-19(12-10-18)30-13-20(26)24-17-7-3-15(4-8-17)22(28)29/h1-12H,13H2,(H,24,26)(H,25,27)(H,28,29). The maximum Gasteiger partial charge on any atom is 0.335 e. The zero-order chi connectivity index (χ0) is 21.5. The molecule has 0 radical (unpaired) electrons. The molecule has 0 saturated heterocycles. The lowest BCUT2D eigenvalue weighted by Crippen LogP contribution is -2.14. The molecule has 0 heterocycles. The lowest BCUT2D eigenvalue weighted by Gasteiger charge is -2.08. The van der Waals surface area contributed by atoms with E-state index in [2.05, 4.69) is 10.6 Å². The number of aromatic carboxylic acids is 1. The molecule has 0 aliphatic carbocycles. The normalized spacial score (nSPS) is 10.3. The van der Waals surface area contributed by atoms with Crippen LogP contribution in [0, 0.1) is 5.82 Å². The second-order valence-electron chi connectivity index (χ2n) is 6.20. The van der Waals surface area contributed by atoms with E-state index < -0.39 is 11.8 Å². The summed E-state index contributed by atoms with van der Waals surface area (Å²) in [5.41, 5.74) is 1.60. The fourth-order valence-electron chi connectivity index (χ4n) is 2.48. The van der Waals surface area contributed by atoms with Crippen LogP contribution in [-0.2, 0) is 4.79 Å². The van der Waals surface area contributed by atoms with E-state index in [1.807, 2.05) is 0 Å². The number of halogens is 1. The Morgan fingerprint density at radius 2 is 1.30 bits per heavy atom. The highest BCUT2D eigenvalue weighted by atomic mass is 32.2. The summed E-state index contributed by atoms with van der Waals surface area (Å²) in [5, 5.41) is 14.3. The molecule has 0 atom stereocenters. The van der Waals surface area contributed by atoms with Gasteiger partial charge in [0.2, 0.25) is 5.91 Å². The van der Waals surface area contributed by atoms with Crippen molar-refractivity contribution in [3.05, 3.63) is 89.7 Å². The molecule has 0 fully saturated rings. The van der Waals surface area contributed by atoms with E-state index in [0.29, 0.717) is 16.9 Å². The number of carbonyl (C=O) groups is 3. The van der Waals surface area contributed by atoms with Gasteiger partial charge in [-0.25, -0.2) is 9.18 Å². The van der Waals surface area contributed by atoms with Crippen molar-refractivity contribution in [3.63, 3.8) is 0 Å². The van der Waals surface area contributed by atoms with E-state index in [0.717, 1.165) is 4.90 Å². The van der Waals surface area contributed by atoms with E-state index in [1.165, 1.54) is 60.3 Å². The molecule has 30 heavy (non-hydrogen) atoms. The van der Waals surface area contributed by atoms with Gasteiger partial charge in [-0.2, -0.15) is 0 Å². The molecule has 6 nitrogen and oxygen atoms in total. The maximum atomic E-state index is 12.9. The molecule has 0 saturated carbocycles. The summed E-state index contributed by atoms with van der Waals surface area (Å²) in [6.07, 6.45) is 0. The van der Waals surface area contributed by atoms with Crippen molar-refractivity contribution < 1.29 is 23.9 Å². The zero-order valence-electron chi connectivity index (χ0n) is 15.6. The van der Waals surface area contributed by atoms with Crippen LogP contribution in [0.4, 0.5) is 15.8 Å². The summed E-state index contributed by atoms with van der Waals surface area (Å²) in [6, 6.07) is 18.1. The molecular weight excluding hydrogens is 407 g/mol. The predicted molar refractivity (Wildman–Crippen MR) is 114 cm³/mol. The number of carboxylic acids is 1. The van der Waals surface area contributed by atoms with Crippen LogP contribution >= 0.6 is 11.8 Å². The van der Waals surface area contributed by atoms with Crippen molar-refractivity contribution in [2.45, 2.75) is 4.90 Å². The molecule has 0 bridgehead atoms. The van der Waals surface area contributed by atoms with Crippen LogP contribution < -0.4 is 10.6 Å². The fourth-order valence-corrected chi connectivity index (χ4v) is 3.18. The molecule has 8 heteroatoms. The van der Waals surface area contributed by atoms with Crippen molar-refractivity contribution in [1.29, 1.82) is 0 Å². The lowest BCUT2D eigenvalue weighted by atomic mass is 10.2. The Morgan fingerprint density at radius 1 is 0.767 bits per heavy atom. The summed E-state index contributed by atoms with van der Waals surface area (Å²) < 4.78 is 12.9. The summed E-state index contributed by atoms with van der Waals surface area (Å²) >= 11 is 1.32. The van der Waals surface area contributed by atoms with Crippen molar-refractivity contribution in [1.82, 2.24) is 0 Å². The Bertz CT molecular complexity index is 1050. The molecule has 0 aliphatic rings. The number of hydrogen-bond donors (Lipinski definition) is 3. The van der Waals surface area contributed by atoms with Gasteiger partial charge in [0.25, 0.3) is 5.91 Å². The van der Waals surface area contributed by atoms with Gasteiger partial charge < -0.3 is 15.7 Å². The molecule has 3 rings (SSSR count). The Labute approximate surface area is 176 Å². The van der Waals surface area contributed by atoms with Gasteiger partial charge in [-0.05, 0) is 72.8 Å².